The minimum Gasteiger partial charge on any atom is -0.356 e. The molecule has 8 heteroatoms. The van der Waals surface area contributed by atoms with E-state index in [0.29, 0.717) is 38.9 Å². The van der Waals surface area contributed by atoms with Crippen LogP contribution in [0.5, 0.6) is 0 Å². The summed E-state index contributed by atoms with van der Waals surface area (Å²) in [6.07, 6.45) is 2.22. The molecule has 3 aliphatic heterocycles. The predicted molar refractivity (Wildman–Crippen MR) is 159 cm³/mol. The molecule has 1 aromatic heterocycles. The first-order valence-electron chi connectivity index (χ1n) is 13.9. The SMILES string of the molecule is Cc1cc(-c2c(Cl)cc3c(N4CCC5(CC4)CNC5)nc(N4CC(N(C)C)C4)nc3c2F)c2ccccc2c1. The van der Waals surface area contributed by atoms with Gasteiger partial charge in [-0.1, -0.05) is 48.0 Å². The number of anilines is 2. The standard InChI is InChI=1S/C31H34ClFN6/c1-19-12-20-6-4-5-7-22(20)23(13-19)26-25(32)14-24-28(27(26)33)35-30(39-15-21(16-39)37(2)3)36-29(24)38-10-8-31(9-11-38)17-34-18-31/h4-7,12-14,21,34H,8-11,15-18H2,1-3H3. The Morgan fingerprint density at radius 2 is 1.74 bits per heavy atom. The second-order valence-electron chi connectivity index (χ2n) is 11.9. The molecular weight excluding hydrogens is 511 g/mol. The molecule has 1 spiro atoms. The molecule has 0 amide bonds. The van der Waals surface area contributed by atoms with Gasteiger partial charge in [0.15, 0.2) is 5.82 Å². The number of halogens is 2. The van der Waals surface area contributed by atoms with E-state index in [9.17, 15) is 0 Å². The summed E-state index contributed by atoms with van der Waals surface area (Å²) in [5.74, 6) is 1.02. The molecule has 0 saturated carbocycles. The normalized spacial score (nSPS) is 19.2. The fourth-order valence-corrected chi connectivity index (χ4v) is 6.73. The molecule has 3 aliphatic rings. The number of likely N-dealkylation sites (N-methyl/N-ethyl adjacent to an activating group) is 1. The molecule has 0 radical (unpaired) electrons. The summed E-state index contributed by atoms with van der Waals surface area (Å²) in [6, 6.07) is 14.6. The van der Waals surface area contributed by atoms with Gasteiger partial charge in [0.05, 0.1) is 5.02 Å². The van der Waals surface area contributed by atoms with Crippen LogP contribution in [0.15, 0.2) is 42.5 Å². The minimum absolute atomic E-state index is 0.346. The summed E-state index contributed by atoms with van der Waals surface area (Å²) in [5.41, 5.74) is 3.02. The highest BCUT2D eigenvalue weighted by Gasteiger charge is 2.40. The Morgan fingerprint density at radius 3 is 2.44 bits per heavy atom. The lowest BCUT2D eigenvalue weighted by Gasteiger charge is -2.49. The molecule has 3 aromatic carbocycles. The predicted octanol–water partition coefficient (Wildman–Crippen LogP) is 5.49. The van der Waals surface area contributed by atoms with Crippen molar-refractivity contribution in [3.8, 4) is 11.1 Å². The van der Waals surface area contributed by atoms with Crippen molar-refractivity contribution in [2.45, 2.75) is 25.8 Å². The largest absolute Gasteiger partial charge is 0.356 e. The van der Waals surface area contributed by atoms with E-state index >= 15 is 4.39 Å². The molecular formula is C31H34ClFN6. The Kier molecular flexibility index (Phi) is 5.95. The number of hydrogen-bond donors (Lipinski definition) is 1. The number of piperidine rings is 1. The number of hydrogen-bond acceptors (Lipinski definition) is 6. The molecule has 7 rings (SSSR count). The van der Waals surface area contributed by atoms with Gasteiger partial charge in [0, 0.05) is 56.3 Å². The molecule has 1 N–H and O–H groups in total. The van der Waals surface area contributed by atoms with Gasteiger partial charge in [-0.25, -0.2) is 9.37 Å². The van der Waals surface area contributed by atoms with Crippen LogP contribution < -0.4 is 15.1 Å². The van der Waals surface area contributed by atoms with Crippen LogP contribution in [0.1, 0.15) is 18.4 Å². The maximum Gasteiger partial charge on any atom is 0.228 e. The number of rotatable bonds is 4. The number of fused-ring (bicyclic) bond motifs is 2. The van der Waals surface area contributed by atoms with Crippen molar-refractivity contribution in [2.24, 2.45) is 5.41 Å². The van der Waals surface area contributed by atoms with Crippen LogP contribution >= 0.6 is 11.6 Å². The molecule has 202 valence electrons. The van der Waals surface area contributed by atoms with E-state index in [1.54, 1.807) is 0 Å². The second-order valence-corrected chi connectivity index (χ2v) is 12.3. The van der Waals surface area contributed by atoms with Gasteiger partial charge in [-0.3, -0.25) is 0 Å². The Hall–Kier alpha value is -3.00. The summed E-state index contributed by atoms with van der Waals surface area (Å²) in [6.45, 7) is 7.67. The monoisotopic (exact) mass is 544 g/mol. The smallest absolute Gasteiger partial charge is 0.228 e. The molecule has 3 saturated heterocycles. The number of benzene rings is 3. The zero-order valence-corrected chi connectivity index (χ0v) is 23.5. The fraction of sp³-hybridized carbons (Fsp3) is 0.419. The Balaban J connectivity index is 1.39. The van der Waals surface area contributed by atoms with Crippen molar-refractivity contribution in [1.29, 1.82) is 0 Å². The van der Waals surface area contributed by atoms with Gasteiger partial charge in [0.2, 0.25) is 5.95 Å². The summed E-state index contributed by atoms with van der Waals surface area (Å²) >= 11 is 6.94. The van der Waals surface area contributed by atoms with Crippen molar-refractivity contribution in [3.63, 3.8) is 0 Å². The first-order chi connectivity index (χ1) is 18.8. The van der Waals surface area contributed by atoms with Gasteiger partial charge < -0.3 is 20.0 Å². The maximum absolute atomic E-state index is 16.8. The third-order valence-electron chi connectivity index (χ3n) is 9.13. The van der Waals surface area contributed by atoms with Crippen LogP contribution in [0.3, 0.4) is 0 Å². The average molecular weight is 545 g/mol. The van der Waals surface area contributed by atoms with Crippen LogP contribution in [0.4, 0.5) is 16.2 Å². The van der Waals surface area contributed by atoms with Crippen LogP contribution in [-0.4, -0.2) is 74.3 Å². The van der Waals surface area contributed by atoms with Gasteiger partial charge >= 0.3 is 0 Å². The van der Waals surface area contributed by atoms with Gasteiger partial charge in [-0.15, -0.1) is 0 Å². The van der Waals surface area contributed by atoms with Crippen molar-refractivity contribution in [1.82, 2.24) is 20.2 Å². The fourth-order valence-electron chi connectivity index (χ4n) is 6.44. The molecule has 4 aromatic rings. The highest BCUT2D eigenvalue weighted by molar-refractivity contribution is 6.35. The van der Waals surface area contributed by atoms with E-state index < -0.39 is 0 Å². The van der Waals surface area contributed by atoms with E-state index in [4.69, 9.17) is 21.6 Å². The lowest BCUT2D eigenvalue weighted by atomic mass is 9.73. The third-order valence-corrected chi connectivity index (χ3v) is 9.42. The molecule has 0 atom stereocenters. The lowest BCUT2D eigenvalue weighted by Crippen LogP contribution is -2.58. The highest BCUT2D eigenvalue weighted by Crippen LogP contribution is 2.43. The quantitative estimate of drug-likeness (QED) is 0.366. The van der Waals surface area contributed by atoms with Crippen molar-refractivity contribution in [3.05, 3.63) is 58.9 Å². The zero-order valence-electron chi connectivity index (χ0n) is 22.8. The first-order valence-corrected chi connectivity index (χ1v) is 14.3. The Labute approximate surface area is 233 Å². The summed E-state index contributed by atoms with van der Waals surface area (Å²) < 4.78 is 16.8. The van der Waals surface area contributed by atoms with Gasteiger partial charge in [0.1, 0.15) is 11.3 Å². The van der Waals surface area contributed by atoms with Crippen molar-refractivity contribution in [2.75, 3.05) is 63.2 Å². The van der Waals surface area contributed by atoms with Crippen molar-refractivity contribution < 1.29 is 4.39 Å². The summed E-state index contributed by atoms with van der Waals surface area (Å²) in [5, 5.41) is 6.56. The molecule has 39 heavy (non-hydrogen) atoms. The van der Waals surface area contributed by atoms with Crippen molar-refractivity contribution >= 4 is 45.0 Å². The van der Waals surface area contributed by atoms with E-state index in [1.165, 1.54) is 0 Å². The molecule has 4 heterocycles. The molecule has 0 aliphatic carbocycles. The third kappa shape index (κ3) is 4.14. The Bertz CT molecular complexity index is 1580. The van der Waals surface area contributed by atoms with E-state index in [1.807, 2.05) is 37.3 Å². The lowest BCUT2D eigenvalue weighted by molar-refractivity contribution is 0.126. The van der Waals surface area contributed by atoms with E-state index in [2.05, 4.69) is 46.2 Å². The summed E-state index contributed by atoms with van der Waals surface area (Å²) in [4.78, 5) is 16.6. The van der Waals surface area contributed by atoms with E-state index in [-0.39, 0.29) is 5.82 Å². The molecule has 6 nitrogen and oxygen atoms in total. The van der Waals surface area contributed by atoms with Gasteiger partial charge in [-0.05, 0) is 67.2 Å². The number of nitrogens with one attached hydrogen (secondary N) is 1. The first kappa shape index (κ1) is 25.0. The highest BCUT2D eigenvalue weighted by atomic mass is 35.5. The Morgan fingerprint density at radius 1 is 1.00 bits per heavy atom. The van der Waals surface area contributed by atoms with Crippen LogP contribution in [0.2, 0.25) is 5.02 Å². The van der Waals surface area contributed by atoms with Crippen LogP contribution in [0, 0.1) is 18.2 Å². The maximum atomic E-state index is 16.8. The van der Waals surface area contributed by atoms with Crippen LogP contribution in [-0.2, 0) is 0 Å². The van der Waals surface area contributed by atoms with E-state index in [0.717, 1.165) is 79.8 Å². The average Bonchev–Trinajstić information content (AvgIpc) is 2.86. The second kappa shape index (κ2) is 9.29. The number of aromatic nitrogens is 2. The molecule has 0 unspecified atom stereocenters. The number of nitrogens with zero attached hydrogens (tertiary/aromatic N) is 5. The molecule has 0 bridgehead atoms. The minimum atomic E-state index is -0.375. The number of aryl methyl sites for hydroxylation is 1. The topological polar surface area (TPSA) is 47.5 Å². The summed E-state index contributed by atoms with van der Waals surface area (Å²) in [7, 11) is 4.18. The molecule has 3 fully saturated rings. The van der Waals surface area contributed by atoms with Gasteiger partial charge in [0.25, 0.3) is 0 Å². The van der Waals surface area contributed by atoms with Gasteiger partial charge in [-0.2, -0.15) is 4.98 Å². The van der Waals surface area contributed by atoms with Crippen LogP contribution in [0.25, 0.3) is 32.8 Å². The zero-order chi connectivity index (χ0) is 26.9.